The highest BCUT2D eigenvalue weighted by molar-refractivity contribution is 5.95. The van der Waals surface area contributed by atoms with Crippen LogP contribution in [0.15, 0.2) is 0 Å². The number of hydrogen-bond donors (Lipinski definition) is 3. The molecule has 18 heavy (non-hydrogen) atoms. The normalized spacial score (nSPS) is 20.4. The van der Waals surface area contributed by atoms with Crippen molar-refractivity contribution < 1.29 is 14.3 Å². The number of nitrogens with one attached hydrogen (secondary N) is 2. The fourth-order valence-corrected chi connectivity index (χ4v) is 1.91. The summed E-state index contributed by atoms with van der Waals surface area (Å²) in [7, 11) is 1.55. The first-order valence-electron chi connectivity index (χ1n) is 6.16. The van der Waals surface area contributed by atoms with Gasteiger partial charge in [-0.1, -0.05) is 0 Å². The summed E-state index contributed by atoms with van der Waals surface area (Å²) in [6.45, 7) is 2.57. The number of ether oxygens (including phenoxy) is 1. The molecule has 0 aromatic heterocycles. The van der Waals surface area contributed by atoms with Gasteiger partial charge in [0.05, 0.1) is 13.2 Å². The lowest BCUT2D eigenvalue weighted by atomic mass is 10.1. The Hall–Kier alpha value is -1.18. The molecule has 3 amide bonds. The lowest BCUT2D eigenvalue weighted by molar-refractivity contribution is -0.121. The van der Waals surface area contributed by atoms with Gasteiger partial charge < -0.3 is 15.8 Å². The van der Waals surface area contributed by atoms with Crippen LogP contribution in [0.4, 0.5) is 4.79 Å². The number of imide groups is 1. The second-order valence-corrected chi connectivity index (χ2v) is 4.43. The van der Waals surface area contributed by atoms with Crippen LogP contribution in [0.3, 0.4) is 0 Å². The molecule has 1 aliphatic heterocycles. The fraction of sp³-hybridized carbons (Fsp3) is 0.818. The van der Waals surface area contributed by atoms with Gasteiger partial charge in [0.1, 0.15) is 0 Å². The average molecular weight is 258 g/mol. The zero-order valence-corrected chi connectivity index (χ0v) is 10.8. The van der Waals surface area contributed by atoms with Gasteiger partial charge in [0.25, 0.3) is 0 Å². The number of nitrogens with zero attached hydrogens (tertiary/aromatic N) is 1. The molecule has 1 aliphatic rings. The van der Waals surface area contributed by atoms with Gasteiger partial charge in [-0.25, -0.2) is 4.79 Å². The molecule has 1 unspecified atom stereocenters. The van der Waals surface area contributed by atoms with Crippen molar-refractivity contribution in [3.63, 3.8) is 0 Å². The summed E-state index contributed by atoms with van der Waals surface area (Å²) in [4.78, 5) is 24.8. The van der Waals surface area contributed by atoms with E-state index in [9.17, 15) is 9.59 Å². The summed E-state index contributed by atoms with van der Waals surface area (Å²) < 4.78 is 4.78. The third-order valence-corrected chi connectivity index (χ3v) is 2.75. The largest absolute Gasteiger partial charge is 0.383 e. The fourth-order valence-electron chi connectivity index (χ4n) is 1.91. The van der Waals surface area contributed by atoms with E-state index < -0.39 is 6.03 Å². The van der Waals surface area contributed by atoms with Crippen molar-refractivity contribution in [3.05, 3.63) is 0 Å². The van der Waals surface area contributed by atoms with Crippen LogP contribution in [-0.2, 0) is 9.53 Å². The van der Waals surface area contributed by atoms with Crippen molar-refractivity contribution in [2.75, 3.05) is 39.9 Å². The highest BCUT2D eigenvalue weighted by Crippen LogP contribution is 2.07. The van der Waals surface area contributed by atoms with Crippen LogP contribution < -0.4 is 16.4 Å². The Balaban J connectivity index is 2.18. The quantitative estimate of drug-likeness (QED) is 0.543. The lowest BCUT2D eigenvalue weighted by Gasteiger charge is -2.29. The lowest BCUT2D eigenvalue weighted by Crippen LogP contribution is -2.49. The minimum Gasteiger partial charge on any atom is -0.383 e. The smallest absolute Gasteiger partial charge is 0.321 e. The first-order chi connectivity index (χ1) is 8.61. The predicted molar refractivity (Wildman–Crippen MR) is 67.1 cm³/mol. The molecule has 0 aliphatic carbocycles. The molecular formula is C11H22N4O3. The van der Waals surface area contributed by atoms with E-state index in [4.69, 9.17) is 10.5 Å². The molecule has 0 aromatic rings. The molecule has 1 atom stereocenters. The molecule has 1 fully saturated rings. The highest BCUT2D eigenvalue weighted by atomic mass is 16.5. The molecule has 1 saturated heterocycles. The van der Waals surface area contributed by atoms with Gasteiger partial charge >= 0.3 is 6.03 Å². The number of carbonyl (C=O) groups excluding carboxylic acids is 2. The summed E-state index contributed by atoms with van der Waals surface area (Å²) in [5.74, 6) is -0.306. The average Bonchev–Trinajstić information content (AvgIpc) is 2.29. The van der Waals surface area contributed by atoms with E-state index in [0.29, 0.717) is 19.7 Å². The van der Waals surface area contributed by atoms with Crippen molar-refractivity contribution in [1.29, 1.82) is 0 Å². The van der Waals surface area contributed by atoms with Crippen LogP contribution in [-0.4, -0.2) is 62.8 Å². The van der Waals surface area contributed by atoms with Crippen molar-refractivity contribution >= 4 is 11.9 Å². The van der Waals surface area contributed by atoms with Gasteiger partial charge in [0.2, 0.25) is 5.91 Å². The third-order valence-electron chi connectivity index (χ3n) is 2.75. The number of carbonyl (C=O) groups is 2. The molecule has 0 saturated carbocycles. The molecule has 0 spiro atoms. The summed E-state index contributed by atoms with van der Waals surface area (Å²) >= 11 is 0. The van der Waals surface area contributed by atoms with Crippen molar-refractivity contribution in [2.45, 2.75) is 18.9 Å². The highest BCUT2D eigenvalue weighted by Gasteiger charge is 2.19. The molecule has 7 heteroatoms. The summed E-state index contributed by atoms with van der Waals surface area (Å²) in [6, 6.07) is -0.361. The number of amides is 3. The van der Waals surface area contributed by atoms with Gasteiger partial charge in [0.15, 0.2) is 0 Å². The molecule has 4 N–H and O–H groups in total. The SMILES string of the molecule is COCCNC(=O)NC(=O)CN1CCCC(N)C1. The van der Waals surface area contributed by atoms with Crippen LogP contribution in [0.2, 0.25) is 0 Å². The molecule has 1 heterocycles. The van der Waals surface area contributed by atoms with Crippen molar-refractivity contribution in [3.8, 4) is 0 Å². The minimum atomic E-state index is -0.488. The Labute approximate surface area is 107 Å². The molecule has 0 bridgehead atoms. The van der Waals surface area contributed by atoms with E-state index in [0.717, 1.165) is 19.4 Å². The second kappa shape index (κ2) is 8.02. The number of urea groups is 1. The molecule has 0 aromatic carbocycles. The summed E-state index contributed by atoms with van der Waals surface area (Å²) in [6.07, 6.45) is 1.99. The van der Waals surface area contributed by atoms with Crippen LogP contribution in [0, 0.1) is 0 Å². The summed E-state index contributed by atoms with van der Waals surface area (Å²) in [5, 5.41) is 4.80. The Bertz CT molecular complexity index is 285. The molecule has 7 nitrogen and oxygen atoms in total. The summed E-state index contributed by atoms with van der Waals surface area (Å²) in [5.41, 5.74) is 5.82. The monoisotopic (exact) mass is 258 g/mol. The van der Waals surface area contributed by atoms with Gasteiger partial charge in [0, 0.05) is 26.2 Å². The first-order valence-corrected chi connectivity index (χ1v) is 6.16. The standard InChI is InChI=1S/C11H22N4O3/c1-18-6-4-13-11(17)14-10(16)8-15-5-2-3-9(12)7-15/h9H,2-8,12H2,1H3,(H2,13,14,16,17). The van der Waals surface area contributed by atoms with E-state index >= 15 is 0 Å². The minimum absolute atomic E-state index is 0.127. The van der Waals surface area contributed by atoms with Gasteiger partial charge in [-0.3, -0.25) is 15.0 Å². The Morgan fingerprint density at radius 1 is 1.50 bits per heavy atom. The number of methoxy groups -OCH3 is 1. The van der Waals surface area contributed by atoms with E-state index in [1.54, 1.807) is 7.11 Å². The van der Waals surface area contributed by atoms with Crippen LogP contribution in [0.5, 0.6) is 0 Å². The Morgan fingerprint density at radius 3 is 2.94 bits per heavy atom. The third kappa shape index (κ3) is 5.95. The number of nitrogens with two attached hydrogens (primary N) is 1. The Morgan fingerprint density at radius 2 is 2.28 bits per heavy atom. The number of likely N-dealkylation sites (tertiary alicyclic amines) is 1. The molecule has 1 rings (SSSR count). The predicted octanol–water partition coefficient (Wildman–Crippen LogP) is -1.12. The molecule has 0 radical (unpaired) electrons. The van der Waals surface area contributed by atoms with E-state index in [1.165, 1.54) is 0 Å². The van der Waals surface area contributed by atoms with Gasteiger partial charge in [-0.15, -0.1) is 0 Å². The number of piperidine rings is 1. The maximum Gasteiger partial charge on any atom is 0.321 e. The number of hydrogen-bond acceptors (Lipinski definition) is 5. The molecular weight excluding hydrogens is 236 g/mol. The van der Waals surface area contributed by atoms with Crippen molar-refractivity contribution in [1.82, 2.24) is 15.5 Å². The zero-order valence-electron chi connectivity index (χ0n) is 10.8. The zero-order chi connectivity index (χ0) is 13.4. The van der Waals surface area contributed by atoms with Crippen LogP contribution >= 0.6 is 0 Å². The Kier molecular flexibility index (Phi) is 6.63. The maximum absolute atomic E-state index is 11.6. The van der Waals surface area contributed by atoms with Crippen LogP contribution in [0.25, 0.3) is 0 Å². The van der Waals surface area contributed by atoms with Crippen LogP contribution in [0.1, 0.15) is 12.8 Å². The van der Waals surface area contributed by atoms with E-state index in [1.807, 2.05) is 4.90 Å². The van der Waals surface area contributed by atoms with Gasteiger partial charge in [-0.2, -0.15) is 0 Å². The second-order valence-electron chi connectivity index (χ2n) is 4.43. The van der Waals surface area contributed by atoms with Crippen molar-refractivity contribution in [2.24, 2.45) is 5.73 Å². The maximum atomic E-state index is 11.6. The first kappa shape index (κ1) is 14.9. The molecule has 104 valence electrons. The number of rotatable bonds is 5. The van der Waals surface area contributed by atoms with E-state index in [2.05, 4.69) is 10.6 Å². The van der Waals surface area contributed by atoms with Gasteiger partial charge in [-0.05, 0) is 19.4 Å². The topological polar surface area (TPSA) is 96.7 Å². The van der Waals surface area contributed by atoms with E-state index in [-0.39, 0.29) is 18.5 Å².